The summed E-state index contributed by atoms with van der Waals surface area (Å²) < 4.78 is 28.6. The number of nitrogens with one attached hydrogen (secondary N) is 1. The topological polar surface area (TPSA) is 90.0 Å². The van der Waals surface area contributed by atoms with Crippen LogP contribution in [0.2, 0.25) is 0 Å². The quantitative estimate of drug-likeness (QED) is 0.439. The van der Waals surface area contributed by atoms with Gasteiger partial charge in [0.25, 0.3) is 10.0 Å². The van der Waals surface area contributed by atoms with Crippen molar-refractivity contribution in [2.45, 2.75) is 50.3 Å². The van der Waals surface area contributed by atoms with E-state index in [1.165, 1.54) is 0 Å². The molecule has 2 N–H and O–H groups in total. The second kappa shape index (κ2) is 11.3. The van der Waals surface area contributed by atoms with E-state index >= 15 is 0 Å². The molecule has 7 nitrogen and oxygen atoms in total. The summed E-state index contributed by atoms with van der Waals surface area (Å²) in [6, 6.07) is 25.5. The van der Waals surface area contributed by atoms with Crippen molar-refractivity contribution in [2.24, 2.45) is 5.92 Å². The Hall–Kier alpha value is -3.04. The Morgan fingerprint density at radius 3 is 1.94 bits per heavy atom. The zero-order valence-electron chi connectivity index (χ0n) is 20.6. The minimum absolute atomic E-state index is 0.118. The largest absolute Gasteiger partial charge is 0.396 e. The van der Waals surface area contributed by atoms with E-state index in [9.17, 15) is 18.3 Å². The van der Waals surface area contributed by atoms with Gasteiger partial charge >= 0.3 is 0 Å². The van der Waals surface area contributed by atoms with E-state index in [2.05, 4.69) is 10.3 Å². The van der Waals surface area contributed by atoms with Crippen molar-refractivity contribution in [2.75, 3.05) is 6.61 Å². The molecule has 36 heavy (non-hydrogen) atoms. The maximum absolute atomic E-state index is 13.7. The van der Waals surface area contributed by atoms with Crippen LogP contribution in [0.4, 0.5) is 0 Å². The van der Waals surface area contributed by atoms with E-state index in [1.807, 2.05) is 74.5 Å². The number of amides is 1. The van der Waals surface area contributed by atoms with E-state index in [-0.39, 0.29) is 24.0 Å². The highest BCUT2D eigenvalue weighted by atomic mass is 32.2. The third-order valence-electron chi connectivity index (χ3n) is 6.79. The number of aliphatic hydroxyl groups is 1. The Morgan fingerprint density at radius 1 is 0.917 bits per heavy atom. The van der Waals surface area contributed by atoms with Gasteiger partial charge in [-0.25, -0.2) is 8.42 Å². The second-order valence-corrected chi connectivity index (χ2v) is 11.1. The molecule has 1 saturated heterocycles. The van der Waals surface area contributed by atoms with Crippen molar-refractivity contribution in [1.82, 2.24) is 14.7 Å². The number of carbonyl (C=O) groups is 1. The monoisotopic (exact) mass is 507 g/mol. The lowest BCUT2D eigenvalue weighted by molar-refractivity contribution is -0.123. The van der Waals surface area contributed by atoms with Crippen LogP contribution in [0.5, 0.6) is 0 Å². The summed E-state index contributed by atoms with van der Waals surface area (Å²) in [7, 11) is -4.02. The van der Waals surface area contributed by atoms with Gasteiger partial charge in [0, 0.05) is 25.7 Å². The minimum Gasteiger partial charge on any atom is -0.396 e. The number of hydrazine groups is 1. The van der Waals surface area contributed by atoms with Gasteiger partial charge in [0.15, 0.2) is 0 Å². The first-order valence-electron chi connectivity index (χ1n) is 12.2. The SMILES string of the molecule is Cc1ccc(S(=O)(=O)N2NC(=O)[C@H](CCO)[C@@H]2[C@H](C)N(Cc2ccccc2)Cc2ccccc2)cc1. The standard InChI is InChI=1S/C28H33N3O4S/c1-21-13-15-25(16-14-21)36(34,35)31-27(26(17-18-32)28(33)29-31)22(2)30(19-23-9-5-3-6-10-23)20-24-11-7-4-8-12-24/h3-16,22,26-27,32H,17-20H2,1-2H3,(H,29,33)/t22-,26+,27-/m0/s1. The summed E-state index contributed by atoms with van der Waals surface area (Å²) in [6.07, 6.45) is 0.172. The lowest BCUT2D eigenvalue weighted by Crippen LogP contribution is -2.53. The van der Waals surface area contributed by atoms with Crippen LogP contribution in [0.25, 0.3) is 0 Å². The number of aryl methyl sites for hydroxylation is 1. The molecule has 190 valence electrons. The molecule has 1 amide bonds. The summed E-state index contributed by atoms with van der Waals surface area (Å²) in [4.78, 5) is 15.3. The molecular formula is C28H33N3O4S. The summed E-state index contributed by atoms with van der Waals surface area (Å²) in [5, 5.41) is 9.73. The van der Waals surface area contributed by atoms with Gasteiger partial charge in [-0.15, -0.1) is 4.41 Å². The molecule has 3 aromatic rings. The maximum Gasteiger partial charge on any atom is 0.260 e. The normalized spacial score (nSPS) is 19.4. The Morgan fingerprint density at radius 2 is 1.44 bits per heavy atom. The number of sulfonamides is 1. The number of hydrogen-bond acceptors (Lipinski definition) is 5. The number of rotatable bonds is 10. The van der Waals surface area contributed by atoms with Crippen LogP contribution < -0.4 is 5.43 Å². The highest BCUT2D eigenvalue weighted by molar-refractivity contribution is 7.89. The molecule has 0 aliphatic carbocycles. The van der Waals surface area contributed by atoms with E-state index in [0.29, 0.717) is 13.1 Å². The first-order valence-corrected chi connectivity index (χ1v) is 13.6. The van der Waals surface area contributed by atoms with Gasteiger partial charge in [-0.05, 0) is 43.5 Å². The Balaban J connectivity index is 1.73. The van der Waals surface area contributed by atoms with E-state index in [1.54, 1.807) is 24.3 Å². The van der Waals surface area contributed by atoms with Gasteiger partial charge in [0.05, 0.1) is 16.9 Å². The van der Waals surface area contributed by atoms with Crippen LogP contribution in [0.3, 0.4) is 0 Å². The number of hydrogen-bond donors (Lipinski definition) is 2. The third kappa shape index (κ3) is 5.68. The molecule has 0 aromatic heterocycles. The third-order valence-corrected chi connectivity index (χ3v) is 8.51. The van der Waals surface area contributed by atoms with Crippen molar-refractivity contribution in [3.63, 3.8) is 0 Å². The molecule has 1 aliphatic heterocycles. The average molecular weight is 508 g/mol. The molecular weight excluding hydrogens is 474 g/mol. The summed E-state index contributed by atoms with van der Waals surface area (Å²) in [6.45, 7) is 4.79. The van der Waals surface area contributed by atoms with Gasteiger partial charge in [-0.3, -0.25) is 15.1 Å². The lowest BCUT2D eigenvalue weighted by Gasteiger charge is -2.38. The second-order valence-electron chi connectivity index (χ2n) is 9.32. The smallest absolute Gasteiger partial charge is 0.260 e. The molecule has 1 fully saturated rings. The van der Waals surface area contributed by atoms with E-state index in [4.69, 9.17) is 0 Å². The van der Waals surface area contributed by atoms with Gasteiger partial charge in [-0.2, -0.15) is 0 Å². The minimum atomic E-state index is -4.02. The van der Waals surface area contributed by atoms with Crippen molar-refractivity contribution in [3.05, 3.63) is 102 Å². The maximum atomic E-state index is 13.7. The van der Waals surface area contributed by atoms with Crippen LogP contribution in [-0.4, -0.2) is 47.4 Å². The number of carbonyl (C=O) groups excluding carboxylic acids is 1. The van der Waals surface area contributed by atoms with Gasteiger partial charge in [0.1, 0.15) is 0 Å². The molecule has 0 spiro atoms. The van der Waals surface area contributed by atoms with Crippen molar-refractivity contribution in [1.29, 1.82) is 0 Å². The lowest BCUT2D eigenvalue weighted by atomic mass is 9.91. The highest BCUT2D eigenvalue weighted by Crippen LogP contribution is 2.32. The van der Waals surface area contributed by atoms with Crippen molar-refractivity contribution >= 4 is 15.9 Å². The van der Waals surface area contributed by atoms with Crippen molar-refractivity contribution < 1.29 is 18.3 Å². The van der Waals surface area contributed by atoms with Crippen LogP contribution >= 0.6 is 0 Å². The number of nitrogens with zero attached hydrogens (tertiary/aromatic N) is 2. The predicted octanol–water partition coefficient (Wildman–Crippen LogP) is 3.49. The molecule has 8 heteroatoms. The predicted molar refractivity (Wildman–Crippen MR) is 139 cm³/mol. The molecule has 1 aliphatic rings. The van der Waals surface area contributed by atoms with Crippen LogP contribution in [0.1, 0.15) is 30.0 Å². The van der Waals surface area contributed by atoms with Gasteiger partial charge < -0.3 is 5.11 Å². The molecule has 0 unspecified atom stereocenters. The zero-order valence-corrected chi connectivity index (χ0v) is 21.4. The molecule has 3 atom stereocenters. The summed E-state index contributed by atoms with van der Waals surface area (Å²) in [5.41, 5.74) is 5.74. The van der Waals surface area contributed by atoms with Gasteiger partial charge in [0.2, 0.25) is 5.91 Å². The molecule has 0 radical (unpaired) electrons. The fourth-order valence-corrected chi connectivity index (χ4v) is 6.36. The first kappa shape index (κ1) is 26.0. The molecule has 4 rings (SSSR count). The fourth-order valence-electron chi connectivity index (χ4n) is 4.80. The van der Waals surface area contributed by atoms with Crippen LogP contribution in [-0.2, 0) is 27.9 Å². The van der Waals surface area contributed by atoms with Crippen molar-refractivity contribution in [3.8, 4) is 0 Å². The van der Waals surface area contributed by atoms with Gasteiger partial charge in [-0.1, -0.05) is 78.4 Å². The highest BCUT2D eigenvalue weighted by Gasteiger charge is 2.50. The Bertz CT molecular complexity index is 1210. The van der Waals surface area contributed by atoms with E-state index in [0.717, 1.165) is 21.1 Å². The Labute approximate surface area is 213 Å². The summed E-state index contributed by atoms with van der Waals surface area (Å²) >= 11 is 0. The number of aliphatic hydroxyl groups excluding tert-OH is 1. The fraction of sp³-hybridized carbons (Fsp3) is 0.321. The van der Waals surface area contributed by atoms with Crippen LogP contribution in [0, 0.1) is 12.8 Å². The molecule has 1 heterocycles. The first-order chi connectivity index (χ1) is 17.3. The number of benzene rings is 3. The Kier molecular flexibility index (Phi) is 8.21. The molecule has 0 saturated carbocycles. The molecule has 0 bridgehead atoms. The van der Waals surface area contributed by atoms with Crippen LogP contribution in [0.15, 0.2) is 89.8 Å². The molecule has 3 aromatic carbocycles. The summed E-state index contributed by atoms with van der Waals surface area (Å²) in [5.74, 6) is -1.07. The average Bonchev–Trinajstić information content (AvgIpc) is 3.21. The van der Waals surface area contributed by atoms with E-state index < -0.39 is 27.9 Å². The zero-order chi connectivity index (χ0) is 25.7.